The van der Waals surface area contributed by atoms with Crippen molar-refractivity contribution < 1.29 is 8.76 Å². The topological polar surface area (TPSA) is 40.1 Å². The van der Waals surface area contributed by atoms with Crippen LogP contribution in [0.3, 0.4) is 0 Å². The van der Waals surface area contributed by atoms with Gasteiger partial charge in [-0.2, -0.15) is 0 Å². The fourth-order valence-electron chi connectivity index (χ4n) is 2.86. The molecule has 0 bridgehead atoms. The van der Waals surface area contributed by atoms with Gasteiger partial charge < -0.3 is 4.55 Å². The minimum absolute atomic E-state index is 0.116. The van der Waals surface area contributed by atoms with Gasteiger partial charge in [-0.1, -0.05) is 75.0 Å². The standard InChI is InChI=1S/C23H24O2S2/c1-16-9-12-18(23(2,3)4)15-21(16)26-19-13-10-17(11-14-19)20-7-5-6-8-22(20)27(24)25/h5-15H,1-4H3,(H,24,25)/p-1. The Bertz CT molecular complexity index is 970. The first-order valence-corrected chi connectivity index (χ1v) is 10.7. The molecule has 140 valence electrons. The molecule has 27 heavy (non-hydrogen) atoms. The quantitative estimate of drug-likeness (QED) is 0.483. The monoisotopic (exact) mass is 395 g/mol. The third-order valence-electron chi connectivity index (χ3n) is 4.51. The van der Waals surface area contributed by atoms with Gasteiger partial charge in [-0.25, -0.2) is 0 Å². The molecule has 4 heteroatoms. The van der Waals surface area contributed by atoms with Gasteiger partial charge in [0.2, 0.25) is 0 Å². The molecule has 0 aliphatic carbocycles. The lowest BCUT2D eigenvalue weighted by molar-refractivity contribution is 0.537. The van der Waals surface area contributed by atoms with E-state index in [4.69, 9.17) is 0 Å². The lowest BCUT2D eigenvalue weighted by Crippen LogP contribution is -2.11. The molecule has 0 heterocycles. The number of benzene rings is 3. The van der Waals surface area contributed by atoms with Gasteiger partial charge in [-0.05, 0) is 69.9 Å². The van der Waals surface area contributed by atoms with Crippen molar-refractivity contribution in [3.8, 4) is 11.1 Å². The third-order valence-corrected chi connectivity index (χ3v) is 6.40. The Morgan fingerprint density at radius 3 is 2.22 bits per heavy atom. The number of aryl methyl sites for hydroxylation is 1. The predicted molar refractivity (Wildman–Crippen MR) is 113 cm³/mol. The van der Waals surface area contributed by atoms with Crippen LogP contribution in [0, 0.1) is 6.92 Å². The Morgan fingerprint density at radius 1 is 0.926 bits per heavy atom. The summed E-state index contributed by atoms with van der Waals surface area (Å²) in [6.07, 6.45) is 0. The molecular weight excluding hydrogens is 372 g/mol. The van der Waals surface area contributed by atoms with Crippen LogP contribution in [-0.4, -0.2) is 8.76 Å². The highest BCUT2D eigenvalue weighted by Gasteiger charge is 2.15. The van der Waals surface area contributed by atoms with Crippen LogP contribution < -0.4 is 0 Å². The van der Waals surface area contributed by atoms with E-state index >= 15 is 0 Å². The van der Waals surface area contributed by atoms with Crippen molar-refractivity contribution in [2.75, 3.05) is 0 Å². The van der Waals surface area contributed by atoms with Crippen LogP contribution in [0.4, 0.5) is 0 Å². The Hall–Kier alpha value is -1.88. The molecule has 1 unspecified atom stereocenters. The molecule has 0 N–H and O–H groups in total. The summed E-state index contributed by atoms with van der Waals surface area (Å²) in [5.74, 6) is 0. The fourth-order valence-corrected chi connectivity index (χ4v) is 4.35. The molecule has 0 spiro atoms. The van der Waals surface area contributed by atoms with E-state index < -0.39 is 11.1 Å². The Kier molecular flexibility index (Phi) is 5.89. The van der Waals surface area contributed by atoms with E-state index in [-0.39, 0.29) is 5.41 Å². The zero-order valence-corrected chi connectivity index (χ0v) is 17.6. The first kappa shape index (κ1) is 19.9. The molecule has 1 atom stereocenters. The number of hydrogen-bond acceptors (Lipinski definition) is 3. The van der Waals surface area contributed by atoms with E-state index in [1.165, 1.54) is 16.0 Å². The molecule has 3 rings (SSSR count). The van der Waals surface area contributed by atoms with E-state index in [1.54, 1.807) is 23.9 Å². The molecule has 3 aromatic rings. The van der Waals surface area contributed by atoms with Crippen molar-refractivity contribution in [3.05, 3.63) is 77.9 Å². The normalized spacial score (nSPS) is 12.8. The van der Waals surface area contributed by atoms with Crippen LogP contribution in [0.1, 0.15) is 31.9 Å². The average Bonchev–Trinajstić information content (AvgIpc) is 2.63. The minimum Gasteiger partial charge on any atom is -0.768 e. The lowest BCUT2D eigenvalue weighted by Gasteiger charge is -2.20. The molecule has 0 aromatic heterocycles. The third kappa shape index (κ3) is 4.70. The van der Waals surface area contributed by atoms with Gasteiger partial charge >= 0.3 is 0 Å². The molecule has 0 aliphatic rings. The molecule has 0 radical (unpaired) electrons. The molecule has 0 fully saturated rings. The van der Waals surface area contributed by atoms with Crippen LogP contribution >= 0.6 is 11.8 Å². The maximum absolute atomic E-state index is 11.4. The zero-order valence-electron chi connectivity index (χ0n) is 16.0. The van der Waals surface area contributed by atoms with Crippen LogP contribution in [0.5, 0.6) is 0 Å². The summed E-state index contributed by atoms with van der Waals surface area (Å²) in [7, 11) is 0. The Balaban J connectivity index is 1.89. The fraction of sp³-hybridized carbons (Fsp3) is 0.217. The zero-order chi connectivity index (χ0) is 19.6. The average molecular weight is 396 g/mol. The largest absolute Gasteiger partial charge is 0.768 e. The summed E-state index contributed by atoms with van der Waals surface area (Å²) in [6, 6.07) is 21.8. The Labute approximate surface area is 168 Å². The summed E-state index contributed by atoms with van der Waals surface area (Å²) < 4.78 is 22.9. The minimum atomic E-state index is -2.25. The summed E-state index contributed by atoms with van der Waals surface area (Å²) in [5, 5.41) is 0. The highest BCUT2D eigenvalue weighted by atomic mass is 32.2. The highest BCUT2D eigenvalue weighted by molar-refractivity contribution is 7.99. The lowest BCUT2D eigenvalue weighted by atomic mass is 9.87. The summed E-state index contributed by atoms with van der Waals surface area (Å²) >= 11 is -0.510. The summed E-state index contributed by atoms with van der Waals surface area (Å²) in [5.41, 5.74) is 4.32. The van der Waals surface area contributed by atoms with Gasteiger partial charge in [0, 0.05) is 14.7 Å². The van der Waals surface area contributed by atoms with Crippen molar-refractivity contribution in [3.63, 3.8) is 0 Å². The molecule has 0 saturated carbocycles. The van der Waals surface area contributed by atoms with Gasteiger partial charge in [-0.15, -0.1) is 0 Å². The maximum Gasteiger partial charge on any atom is 0.0327 e. The van der Waals surface area contributed by atoms with E-state index in [9.17, 15) is 8.76 Å². The predicted octanol–water partition coefficient (Wildman–Crippen LogP) is 6.35. The Morgan fingerprint density at radius 2 is 1.59 bits per heavy atom. The van der Waals surface area contributed by atoms with Crippen molar-refractivity contribution >= 4 is 22.8 Å². The second kappa shape index (κ2) is 8.01. The van der Waals surface area contributed by atoms with Crippen LogP contribution in [0.15, 0.2) is 81.4 Å². The van der Waals surface area contributed by atoms with Gasteiger partial charge in [-0.3, -0.25) is 4.21 Å². The maximum atomic E-state index is 11.4. The second-order valence-electron chi connectivity index (χ2n) is 7.59. The molecule has 0 aliphatic heterocycles. The van der Waals surface area contributed by atoms with E-state index in [2.05, 4.69) is 45.9 Å². The molecule has 0 amide bonds. The van der Waals surface area contributed by atoms with Gasteiger partial charge in [0.1, 0.15) is 0 Å². The SMILES string of the molecule is Cc1ccc(C(C)(C)C)cc1Sc1ccc(-c2ccccc2S(=O)[O-])cc1. The van der Waals surface area contributed by atoms with Gasteiger partial charge in [0.25, 0.3) is 0 Å². The van der Waals surface area contributed by atoms with E-state index in [0.717, 1.165) is 16.0 Å². The van der Waals surface area contributed by atoms with E-state index in [0.29, 0.717) is 4.90 Å². The first-order chi connectivity index (χ1) is 12.8. The highest BCUT2D eigenvalue weighted by Crippen LogP contribution is 2.35. The smallest absolute Gasteiger partial charge is 0.0327 e. The molecule has 2 nitrogen and oxygen atoms in total. The number of rotatable bonds is 4. The van der Waals surface area contributed by atoms with Crippen LogP contribution in [0.25, 0.3) is 11.1 Å². The summed E-state index contributed by atoms with van der Waals surface area (Å²) in [6.45, 7) is 8.79. The molecule has 3 aromatic carbocycles. The molecular formula is C23H23O2S2-. The molecule has 0 saturated heterocycles. The van der Waals surface area contributed by atoms with Gasteiger partial charge in [0.15, 0.2) is 0 Å². The van der Waals surface area contributed by atoms with Crippen molar-refractivity contribution in [1.29, 1.82) is 0 Å². The first-order valence-electron chi connectivity index (χ1n) is 8.83. The second-order valence-corrected chi connectivity index (χ2v) is 9.61. The van der Waals surface area contributed by atoms with Crippen molar-refractivity contribution in [1.82, 2.24) is 0 Å². The van der Waals surface area contributed by atoms with Crippen LogP contribution in [0.2, 0.25) is 0 Å². The van der Waals surface area contributed by atoms with Crippen molar-refractivity contribution in [2.24, 2.45) is 0 Å². The summed E-state index contributed by atoms with van der Waals surface area (Å²) in [4.78, 5) is 2.71. The van der Waals surface area contributed by atoms with E-state index in [1.807, 2.05) is 36.4 Å². The number of hydrogen-bond donors (Lipinski definition) is 0. The van der Waals surface area contributed by atoms with Crippen LogP contribution in [-0.2, 0) is 16.5 Å². The van der Waals surface area contributed by atoms with Crippen molar-refractivity contribution in [2.45, 2.75) is 47.8 Å². The van der Waals surface area contributed by atoms with Gasteiger partial charge in [0.05, 0.1) is 0 Å².